The number of nitrogens with zero attached hydrogens (tertiary/aromatic N) is 3. The van der Waals surface area contributed by atoms with E-state index in [4.69, 9.17) is 14.7 Å². The lowest BCUT2D eigenvalue weighted by Gasteiger charge is -2.08. The summed E-state index contributed by atoms with van der Waals surface area (Å²) in [4.78, 5) is 19.0. The number of aliphatic hydroxyl groups excluding tert-OH is 1. The molecule has 0 fully saturated rings. The molecule has 0 saturated carbocycles. The third kappa shape index (κ3) is 4.09. The highest BCUT2D eigenvalue weighted by atomic mass is 16.6. The van der Waals surface area contributed by atoms with E-state index in [1.807, 2.05) is 18.2 Å². The molecule has 0 amide bonds. The third-order valence-electron chi connectivity index (χ3n) is 3.75. The molecule has 0 bridgehead atoms. The number of carbonyl (C=O) groups excluding carboxylic acids is 1. The number of rotatable bonds is 6. The van der Waals surface area contributed by atoms with Crippen LogP contribution in [-0.2, 0) is 9.53 Å². The number of aliphatic hydroxyl groups is 1. The Balaban J connectivity index is 1.64. The fourth-order valence-electron chi connectivity index (χ4n) is 2.41. The first-order valence-corrected chi connectivity index (χ1v) is 8.17. The standard InChI is InChI=1S/C20H14N4O4/c21-9-13-5-1-4-8-18(13)27-12-19(26)28-11-17(25)14(10-22)20-23-15-6-2-3-7-16(15)24-20/h1-8,25H,11-12H2,(H,23,24). The van der Waals surface area contributed by atoms with E-state index >= 15 is 0 Å². The number of esters is 1. The highest BCUT2D eigenvalue weighted by Gasteiger charge is 2.15. The van der Waals surface area contributed by atoms with Crippen LogP contribution in [0.3, 0.4) is 0 Å². The lowest BCUT2D eigenvalue weighted by molar-refractivity contribution is -0.145. The van der Waals surface area contributed by atoms with E-state index in [0.29, 0.717) is 11.0 Å². The fraction of sp³-hybridized carbons (Fsp3) is 0.100. The van der Waals surface area contributed by atoms with Gasteiger partial charge >= 0.3 is 5.97 Å². The van der Waals surface area contributed by atoms with Gasteiger partial charge in [0.15, 0.2) is 18.2 Å². The van der Waals surface area contributed by atoms with Crippen LogP contribution in [0.2, 0.25) is 0 Å². The zero-order valence-corrected chi connectivity index (χ0v) is 14.5. The minimum Gasteiger partial charge on any atom is -0.507 e. The normalized spacial score (nSPS) is 11.2. The number of nitrogens with one attached hydrogen (secondary N) is 1. The summed E-state index contributed by atoms with van der Waals surface area (Å²) in [6.07, 6.45) is 0. The van der Waals surface area contributed by atoms with Crippen molar-refractivity contribution in [2.75, 3.05) is 13.2 Å². The maximum atomic E-state index is 11.8. The number of nitriles is 2. The molecule has 138 valence electrons. The van der Waals surface area contributed by atoms with E-state index in [-0.39, 0.29) is 22.7 Å². The van der Waals surface area contributed by atoms with Gasteiger partial charge in [0.25, 0.3) is 0 Å². The molecule has 0 spiro atoms. The summed E-state index contributed by atoms with van der Waals surface area (Å²) in [5, 5.41) is 28.5. The highest BCUT2D eigenvalue weighted by Crippen LogP contribution is 2.19. The van der Waals surface area contributed by atoms with E-state index in [1.165, 1.54) is 0 Å². The third-order valence-corrected chi connectivity index (χ3v) is 3.75. The Morgan fingerprint density at radius 3 is 2.61 bits per heavy atom. The van der Waals surface area contributed by atoms with Crippen molar-refractivity contribution in [3.05, 3.63) is 65.7 Å². The Morgan fingerprint density at radius 1 is 1.11 bits per heavy atom. The Hall–Kier alpha value is -4.30. The van der Waals surface area contributed by atoms with E-state index in [9.17, 15) is 15.2 Å². The summed E-state index contributed by atoms with van der Waals surface area (Å²) in [5.41, 5.74) is 1.51. The average molecular weight is 374 g/mol. The molecular weight excluding hydrogens is 360 g/mol. The number of fused-ring (bicyclic) bond motifs is 1. The molecule has 0 radical (unpaired) electrons. The summed E-state index contributed by atoms with van der Waals surface area (Å²) in [6, 6.07) is 17.4. The average Bonchev–Trinajstić information content (AvgIpc) is 3.15. The molecule has 28 heavy (non-hydrogen) atoms. The van der Waals surface area contributed by atoms with Crippen LogP contribution in [0.4, 0.5) is 0 Å². The van der Waals surface area contributed by atoms with Crippen molar-refractivity contribution in [1.82, 2.24) is 9.97 Å². The van der Waals surface area contributed by atoms with Gasteiger partial charge in [0.1, 0.15) is 30.1 Å². The fourth-order valence-corrected chi connectivity index (χ4v) is 2.41. The second-order valence-electron chi connectivity index (χ2n) is 5.59. The number of hydrogen-bond acceptors (Lipinski definition) is 7. The number of ether oxygens (including phenoxy) is 2. The second kappa shape index (κ2) is 8.39. The van der Waals surface area contributed by atoms with Gasteiger partial charge in [0.05, 0.1) is 16.6 Å². The number of aromatic amines is 1. The van der Waals surface area contributed by atoms with Crippen LogP contribution in [0.15, 0.2) is 54.3 Å². The molecule has 0 aliphatic heterocycles. The topological polar surface area (TPSA) is 132 Å². The van der Waals surface area contributed by atoms with Crippen molar-refractivity contribution in [1.29, 1.82) is 10.5 Å². The van der Waals surface area contributed by atoms with Crippen LogP contribution in [0.5, 0.6) is 5.75 Å². The van der Waals surface area contributed by atoms with Gasteiger partial charge in [-0.1, -0.05) is 24.3 Å². The first-order chi connectivity index (χ1) is 13.6. The van der Waals surface area contributed by atoms with E-state index < -0.39 is 24.9 Å². The van der Waals surface area contributed by atoms with Crippen molar-refractivity contribution < 1.29 is 19.4 Å². The smallest absolute Gasteiger partial charge is 0.344 e. The van der Waals surface area contributed by atoms with Crippen molar-refractivity contribution in [3.8, 4) is 17.9 Å². The summed E-state index contributed by atoms with van der Waals surface area (Å²) in [5.74, 6) is -0.772. The zero-order valence-electron chi connectivity index (χ0n) is 14.5. The van der Waals surface area contributed by atoms with Gasteiger partial charge in [0.2, 0.25) is 0 Å². The first kappa shape index (κ1) is 18.5. The lowest BCUT2D eigenvalue weighted by Crippen LogP contribution is -2.17. The molecule has 0 unspecified atom stereocenters. The Bertz CT molecular complexity index is 1100. The quantitative estimate of drug-likeness (QED) is 0.385. The van der Waals surface area contributed by atoms with E-state index in [0.717, 1.165) is 0 Å². The van der Waals surface area contributed by atoms with Crippen LogP contribution >= 0.6 is 0 Å². The first-order valence-electron chi connectivity index (χ1n) is 8.17. The number of hydrogen-bond donors (Lipinski definition) is 2. The molecule has 0 aliphatic rings. The summed E-state index contributed by atoms with van der Waals surface area (Å²) >= 11 is 0. The number of benzene rings is 2. The second-order valence-corrected chi connectivity index (χ2v) is 5.59. The van der Waals surface area contributed by atoms with Crippen LogP contribution in [0, 0.1) is 22.7 Å². The van der Waals surface area contributed by atoms with Crippen molar-refractivity contribution in [2.45, 2.75) is 0 Å². The predicted molar refractivity (Wildman–Crippen MR) is 98.9 cm³/mol. The van der Waals surface area contributed by atoms with Gasteiger partial charge in [0, 0.05) is 0 Å². The predicted octanol–water partition coefficient (Wildman–Crippen LogP) is 2.85. The number of allylic oxidation sites excluding steroid dienone is 1. The Morgan fingerprint density at radius 2 is 1.86 bits per heavy atom. The van der Waals surface area contributed by atoms with Crippen LogP contribution in [-0.4, -0.2) is 34.3 Å². The molecule has 1 aromatic heterocycles. The summed E-state index contributed by atoms with van der Waals surface area (Å²) in [7, 11) is 0. The van der Waals surface area contributed by atoms with Crippen LogP contribution in [0.1, 0.15) is 11.4 Å². The minimum atomic E-state index is -0.763. The van der Waals surface area contributed by atoms with Crippen LogP contribution < -0.4 is 4.74 Å². The van der Waals surface area contributed by atoms with Gasteiger partial charge in [-0.25, -0.2) is 9.78 Å². The number of H-pyrrole nitrogens is 1. The molecule has 0 aliphatic carbocycles. The van der Waals surface area contributed by atoms with Crippen molar-refractivity contribution in [2.24, 2.45) is 0 Å². The van der Waals surface area contributed by atoms with E-state index in [2.05, 4.69) is 9.97 Å². The van der Waals surface area contributed by atoms with Gasteiger partial charge in [-0.2, -0.15) is 10.5 Å². The summed E-state index contributed by atoms with van der Waals surface area (Å²) < 4.78 is 10.2. The molecule has 2 aromatic carbocycles. The number of imidazole rings is 1. The Labute approximate surface area is 159 Å². The monoisotopic (exact) mass is 374 g/mol. The highest BCUT2D eigenvalue weighted by molar-refractivity contribution is 5.83. The van der Waals surface area contributed by atoms with Crippen LogP contribution in [0.25, 0.3) is 16.6 Å². The lowest BCUT2D eigenvalue weighted by atomic mass is 10.2. The minimum absolute atomic E-state index is 0.125. The van der Waals surface area contributed by atoms with Crippen molar-refractivity contribution in [3.63, 3.8) is 0 Å². The Kier molecular flexibility index (Phi) is 5.54. The maximum Gasteiger partial charge on any atom is 0.344 e. The molecule has 8 nitrogen and oxygen atoms in total. The molecule has 3 aromatic rings. The van der Waals surface area contributed by atoms with Gasteiger partial charge in [-0.05, 0) is 24.3 Å². The number of aromatic nitrogens is 2. The van der Waals surface area contributed by atoms with Crippen molar-refractivity contribution >= 4 is 22.6 Å². The van der Waals surface area contributed by atoms with Gasteiger partial charge < -0.3 is 19.6 Å². The SMILES string of the molecule is N#CC(=C(O)COC(=O)COc1ccccc1C#N)c1nc2ccccc2[nH]1. The maximum absolute atomic E-state index is 11.8. The molecule has 8 heteroatoms. The molecule has 0 saturated heterocycles. The van der Waals surface area contributed by atoms with Gasteiger partial charge in [-0.15, -0.1) is 0 Å². The molecule has 2 N–H and O–H groups in total. The number of carbonyl (C=O) groups is 1. The van der Waals surface area contributed by atoms with Gasteiger partial charge in [-0.3, -0.25) is 0 Å². The largest absolute Gasteiger partial charge is 0.507 e. The summed E-state index contributed by atoms with van der Waals surface area (Å²) in [6.45, 7) is -0.958. The zero-order chi connectivity index (χ0) is 19.9. The number of para-hydroxylation sites is 3. The van der Waals surface area contributed by atoms with E-state index in [1.54, 1.807) is 42.5 Å². The molecule has 3 rings (SSSR count). The molecule has 1 heterocycles. The molecular formula is C20H14N4O4. The molecule has 0 atom stereocenters.